The molecule has 158 valence electrons. The minimum Gasteiger partial charge on any atom is -0.491 e. The van der Waals surface area contributed by atoms with E-state index in [1.165, 1.54) is 4.31 Å². The standard InChI is InChI=1S/C22H30N2O4S/c1-6-21(24(29(5,26)27)19-11-7-17(4)8-12-19)22(25)23-15-18-9-13-20(14-10-18)28-16(2)3/h7-14,16,21H,6,15H2,1-5H3,(H,23,25). The second-order valence-corrected chi connectivity index (χ2v) is 9.21. The molecule has 2 rings (SSSR count). The van der Waals surface area contributed by atoms with E-state index < -0.39 is 16.1 Å². The molecule has 0 spiro atoms. The average Bonchev–Trinajstić information content (AvgIpc) is 2.65. The number of carbonyl (C=O) groups is 1. The van der Waals surface area contributed by atoms with Crippen LogP contribution in [-0.4, -0.2) is 32.7 Å². The number of nitrogens with one attached hydrogen (secondary N) is 1. The highest BCUT2D eigenvalue weighted by molar-refractivity contribution is 7.92. The zero-order valence-corrected chi connectivity index (χ0v) is 18.5. The van der Waals surface area contributed by atoms with E-state index in [0.717, 1.165) is 23.1 Å². The summed E-state index contributed by atoms with van der Waals surface area (Å²) in [6.07, 6.45) is 1.57. The van der Waals surface area contributed by atoms with Crippen molar-refractivity contribution in [2.45, 2.75) is 52.8 Å². The van der Waals surface area contributed by atoms with Crippen LogP contribution in [0.25, 0.3) is 0 Å². The van der Waals surface area contributed by atoms with Gasteiger partial charge < -0.3 is 10.1 Å². The molecule has 2 aromatic carbocycles. The number of hydrogen-bond acceptors (Lipinski definition) is 4. The van der Waals surface area contributed by atoms with Crippen molar-refractivity contribution in [3.05, 3.63) is 59.7 Å². The molecule has 6 nitrogen and oxygen atoms in total. The quantitative estimate of drug-likeness (QED) is 0.675. The van der Waals surface area contributed by atoms with Crippen LogP contribution in [0.5, 0.6) is 5.75 Å². The molecule has 0 heterocycles. The van der Waals surface area contributed by atoms with Crippen LogP contribution < -0.4 is 14.4 Å². The minimum absolute atomic E-state index is 0.0922. The molecule has 1 atom stereocenters. The third-order valence-electron chi connectivity index (χ3n) is 4.38. The smallest absolute Gasteiger partial charge is 0.244 e. The fourth-order valence-electron chi connectivity index (χ4n) is 3.02. The number of rotatable bonds is 9. The van der Waals surface area contributed by atoms with Gasteiger partial charge in [-0.1, -0.05) is 36.8 Å². The maximum atomic E-state index is 12.8. The Hall–Kier alpha value is -2.54. The number of carbonyl (C=O) groups excluding carboxylic acids is 1. The van der Waals surface area contributed by atoms with E-state index in [2.05, 4.69) is 5.32 Å². The van der Waals surface area contributed by atoms with Crippen molar-refractivity contribution < 1.29 is 17.9 Å². The van der Waals surface area contributed by atoms with E-state index >= 15 is 0 Å². The Morgan fingerprint density at radius 2 is 1.66 bits per heavy atom. The molecule has 0 bridgehead atoms. The van der Waals surface area contributed by atoms with Crippen LogP contribution in [0.1, 0.15) is 38.3 Å². The summed E-state index contributed by atoms with van der Waals surface area (Å²) in [6, 6.07) is 13.8. The van der Waals surface area contributed by atoms with Gasteiger partial charge in [-0.15, -0.1) is 0 Å². The summed E-state index contributed by atoms with van der Waals surface area (Å²) in [7, 11) is -3.63. The minimum atomic E-state index is -3.63. The van der Waals surface area contributed by atoms with Gasteiger partial charge in [0.05, 0.1) is 18.0 Å². The Morgan fingerprint density at radius 3 is 2.14 bits per heavy atom. The highest BCUT2D eigenvalue weighted by Gasteiger charge is 2.31. The summed E-state index contributed by atoms with van der Waals surface area (Å²) in [5, 5.41) is 2.86. The normalized spacial score (nSPS) is 12.5. The van der Waals surface area contributed by atoms with Crippen molar-refractivity contribution in [1.29, 1.82) is 0 Å². The van der Waals surface area contributed by atoms with E-state index in [4.69, 9.17) is 4.74 Å². The van der Waals surface area contributed by atoms with Gasteiger partial charge in [0.1, 0.15) is 11.8 Å². The summed E-state index contributed by atoms with van der Waals surface area (Å²) < 4.78 is 31.7. The summed E-state index contributed by atoms with van der Waals surface area (Å²) in [4.78, 5) is 12.8. The Balaban J connectivity index is 2.14. The van der Waals surface area contributed by atoms with Crippen molar-refractivity contribution in [1.82, 2.24) is 5.32 Å². The number of ether oxygens (including phenoxy) is 1. The topological polar surface area (TPSA) is 75.7 Å². The fraction of sp³-hybridized carbons (Fsp3) is 0.409. The number of nitrogens with zero attached hydrogens (tertiary/aromatic N) is 1. The molecule has 1 N–H and O–H groups in total. The molecule has 0 aromatic heterocycles. The van der Waals surface area contributed by atoms with Crippen LogP contribution in [0.2, 0.25) is 0 Å². The molecule has 0 aliphatic heterocycles. The van der Waals surface area contributed by atoms with Crippen LogP contribution in [-0.2, 0) is 21.4 Å². The van der Waals surface area contributed by atoms with Gasteiger partial charge in [0.15, 0.2) is 0 Å². The molecule has 1 amide bonds. The maximum absolute atomic E-state index is 12.8. The Labute approximate surface area is 173 Å². The molecule has 0 fully saturated rings. The molecule has 0 saturated carbocycles. The van der Waals surface area contributed by atoms with Crippen LogP contribution >= 0.6 is 0 Å². The lowest BCUT2D eigenvalue weighted by Crippen LogP contribution is -2.49. The van der Waals surface area contributed by atoms with Gasteiger partial charge in [-0.2, -0.15) is 0 Å². The number of benzene rings is 2. The largest absolute Gasteiger partial charge is 0.491 e. The second kappa shape index (κ2) is 9.78. The molecule has 0 aliphatic rings. The first-order chi connectivity index (χ1) is 13.6. The van der Waals surface area contributed by atoms with E-state index in [1.54, 1.807) is 19.1 Å². The van der Waals surface area contributed by atoms with E-state index in [1.807, 2.05) is 57.2 Å². The summed E-state index contributed by atoms with van der Waals surface area (Å²) in [5.41, 5.74) is 2.41. The highest BCUT2D eigenvalue weighted by Crippen LogP contribution is 2.23. The molecule has 0 aliphatic carbocycles. The molecule has 0 radical (unpaired) electrons. The lowest BCUT2D eigenvalue weighted by Gasteiger charge is -2.30. The van der Waals surface area contributed by atoms with Crippen LogP contribution in [0.3, 0.4) is 0 Å². The summed E-state index contributed by atoms with van der Waals surface area (Å²) >= 11 is 0. The first-order valence-electron chi connectivity index (χ1n) is 9.71. The maximum Gasteiger partial charge on any atom is 0.244 e. The van der Waals surface area contributed by atoms with E-state index in [0.29, 0.717) is 18.7 Å². The molecule has 7 heteroatoms. The highest BCUT2D eigenvalue weighted by atomic mass is 32.2. The number of amides is 1. The number of hydrogen-bond donors (Lipinski definition) is 1. The van der Waals surface area contributed by atoms with Gasteiger partial charge in [-0.05, 0) is 57.0 Å². The van der Waals surface area contributed by atoms with Gasteiger partial charge in [0.2, 0.25) is 15.9 Å². The van der Waals surface area contributed by atoms with Crippen LogP contribution in [0.15, 0.2) is 48.5 Å². The third-order valence-corrected chi connectivity index (χ3v) is 5.56. The van der Waals surface area contributed by atoms with Gasteiger partial charge in [-0.3, -0.25) is 9.10 Å². The molecule has 2 aromatic rings. The van der Waals surface area contributed by atoms with Crippen LogP contribution in [0.4, 0.5) is 5.69 Å². The number of aryl methyl sites for hydroxylation is 1. The Morgan fingerprint density at radius 1 is 1.07 bits per heavy atom. The van der Waals surface area contributed by atoms with Crippen molar-refractivity contribution in [2.24, 2.45) is 0 Å². The zero-order valence-electron chi connectivity index (χ0n) is 17.7. The fourth-order valence-corrected chi connectivity index (χ4v) is 4.23. The Bertz CT molecular complexity index is 907. The van der Waals surface area contributed by atoms with E-state index in [9.17, 15) is 13.2 Å². The molecule has 29 heavy (non-hydrogen) atoms. The van der Waals surface area contributed by atoms with Crippen molar-refractivity contribution in [3.63, 3.8) is 0 Å². The van der Waals surface area contributed by atoms with Gasteiger partial charge in [0.25, 0.3) is 0 Å². The first kappa shape index (κ1) is 22.7. The monoisotopic (exact) mass is 418 g/mol. The van der Waals surface area contributed by atoms with Crippen molar-refractivity contribution in [2.75, 3.05) is 10.6 Å². The van der Waals surface area contributed by atoms with E-state index in [-0.39, 0.29) is 12.0 Å². The first-order valence-corrected chi connectivity index (χ1v) is 11.6. The predicted octanol–water partition coefficient (Wildman–Crippen LogP) is 3.64. The second-order valence-electron chi connectivity index (χ2n) is 7.35. The van der Waals surface area contributed by atoms with Gasteiger partial charge >= 0.3 is 0 Å². The average molecular weight is 419 g/mol. The van der Waals surface area contributed by atoms with Gasteiger partial charge in [-0.25, -0.2) is 8.42 Å². The third kappa shape index (κ3) is 6.49. The van der Waals surface area contributed by atoms with Gasteiger partial charge in [0, 0.05) is 6.54 Å². The number of anilines is 1. The van der Waals surface area contributed by atoms with Crippen LogP contribution in [0, 0.1) is 6.92 Å². The van der Waals surface area contributed by atoms with Crippen molar-refractivity contribution in [3.8, 4) is 5.75 Å². The lowest BCUT2D eigenvalue weighted by atomic mass is 10.1. The predicted molar refractivity (Wildman–Crippen MR) is 117 cm³/mol. The molecule has 1 unspecified atom stereocenters. The molecule has 0 saturated heterocycles. The lowest BCUT2D eigenvalue weighted by molar-refractivity contribution is -0.122. The molecular weight excluding hydrogens is 388 g/mol. The number of sulfonamides is 1. The zero-order chi connectivity index (χ0) is 21.6. The summed E-state index contributed by atoms with van der Waals surface area (Å²) in [5.74, 6) is 0.435. The Kier molecular flexibility index (Phi) is 7.67. The SMILES string of the molecule is CCC(C(=O)NCc1ccc(OC(C)C)cc1)N(c1ccc(C)cc1)S(C)(=O)=O. The van der Waals surface area contributed by atoms with Crippen molar-refractivity contribution >= 4 is 21.6 Å². The summed E-state index contributed by atoms with van der Waals surface area (Å²) in [6.45, 7) is 7.95. The molecular formula is C22H30N2O4S.